The molecule has 108 valence electrons. The number of rotatable bonds is 3. The minimum Gasteiger partial charge on any atom is -0.481 e. The van der Waals surface area contributed by atoms with E-state index < -0.39 is 11.4 Å². The zero-order chi connectivity index (χ0) is 14.8. The van der Waals surface area contributed by atoms with Crippen LogP contribution in [0.2, 0.25) is 5.02 Å². The highest BCUT2D eigenvalue weighted by atomic mass is 35.5. The molecule has 0 saturated carbocycles. The van der Waals surface area contributed by atoms with Gasteiger partial charge in [0.05, 0.1) is 10.4 Å². The number of hydrogen-bond donors (Lipinski definition) is 1. The van der Waals surface area contributed by atoms with Crippen LogP contribution in [0.25, 0.3) is 0 Å². The number of aliphatic carboxylic acids is 1. The number of carboxylic acids is 1. The van der Waals surface area contributed by atoms with Crippen molar-refractivity contribution in [3.05, 3.63) is 29.0 Å². The smallest absolute Gasteiger partial charge is 0.309 e. The number of pyridine rings is 1. The van der Waals surface area contributed by atoms with E-state index in [1.807, 2.05) is 6.92 Å². The van der Waals surface area contributed by atoms with Crippen molar-refractivity contribution in [2.45, 2.75) is 26.2 Å². The fourth-order valence-corrected chi connectivity index (χ4v) is 2.63. The van der Waals surface area contributed by atoms with Crippen LogP contribution in [0.15, 0.2) is 18.3 Å². The molecule has 0 unspecified atom stereocenters. The van der Waals surface area contributed by atoms with Gasteiger partial charge in [0.1, 0.15) is 5.69 Å². The molecular formula is C14H17ClN2O3. The molecule has 1 aliphatic heterocycles. The predicted octanol–water partition coefficient (Wildman–Crippen LogP) is 2.45. The maximum atomic E-state index is 12.3. The van der Waals surface area contributed by atoms with Gasteiger partial charge in [-0.05, 0) is 31.4 Å². The lowest BCUT2D eigenvalue weighted by Gasteiger charge is -2.38. The number of likely N-dealkylation sites (tertiary alicyclic amines) is 1. The van der Waals surface area contributed by atoms with E-state index in [2.05, 4.69) is 4.98 Å². The summed E-state index contributed by atoms with van der Waals surface area (Å²) in [7, 11) is 0. The van der Waals surface area contributed by atoms with Crippen molar-refractivity contribution in [3.8, 4) is 0 Å². The second-order valence-electron chi connectivity index (χ2n) is 5.09. The minimum atomic E-state index is -0.767. The van der Waals surface area contributed by atoms with Gasteiger partial charge in [0, 0.05) is 19.3 Å². The molecule has 6 heteroatoms. The molecule has 0 spiro atoms. The fourth-order valence-electron chi connectivity index (χ4n) is 2.52. The summed E-state index contributed by atoms with van der Waals surface area (Å²) in [4.78, 5) is 29.3. The number of carbonyl (C=O) groups excluding carboxylic acids is 1. The van der Waals surface area contributed by atoms with Gasteiger partial charge in [-0.1, -0.05) is 18.5 Å². The first-order valence-corrected chi connectivity index (χ1v) is 7.00. The largest absolute Gasteiger partial charge is 0.481 e. The van der Waals surface area contributed by atoms with Crippen molar-refractivity contribution in [1.82, 2.24) is 9.88 Å². The van der Waals surface area contributed by atoms with Gasteiger partial charge in [-0.25, -0.2) is 4.98 Å². The molecule has 0 aliphatic carbocycles. The molecule has 5 nitrogen and oxygen atoms in total. The quantitative estimate of drug-likeness (QED) is 0.930. The van der Waals surface area contributed by atoms with Gasteiger partial charge in [-0.15, -0.1) is 0 Å². The Hall–Kier alpha value is -1.62. The summed E-state index contributed by atoms with van der Waals surface area (Å²) in [6.45, 7) is 2.78. The Morgan fingerprint density at radius 1 is 1.40 bits per heavy atom. The van der Waals surface area contributed by atoms with Crippen LogP contribution in [-0.2, 0) is 4.79 Å². The van der Waals surface area contributed by atoms with Gasteiger partial charge >= 0.3 is 5.97 Å². The van der Waals surface area contributed by atoms with E-state index in [1.165, 1.54) is 6.20 Å². The Labute approximate surface area is 122 Å². The molecule has 0 radical (unpaired) electrons. The third-order valence-electron chi connectivity index (χ3n) is 4.08. The average Bonchev–Trinajstić information content (AvgIpc) is 2.47. The number of aromatic nitrogens is 1. The standard InChI is InChI=1S/C14H17ClN2O3/c1-2-14(13(19)20)5-7-17(8-6-14)12(18)11-4-3-10(15)9-16-11/h3-4,9H,2,5-8H2,1H3,(H,19,20). The first kappa shape index (κ1) is 14.8. The molecule has 20 heavy (non-hydrogen) atoms. The summed E-state index contributed by atoms with van der Waals surface area (Å²) in [5.74, 6) is -0.937. The second kappa shape index (κ2) is 5.79. The maximum Gasteiger partial charge on any atom is 0.309 e. The van der Waals surface area contributed by atoms with Crippen molar-refractivity contribution in [3.63, 3.8) is 0 Å². The van der Waals surface area contributed by atoms with Crippen LogP contribution in [0, 0.1) is 5.41 Å². The second-order valence-corrected chi connectivity index (χ2v) is 5.53. The van der Waals surface area contributed by atoms with Crippen LogP contribution in [-0.4, -0.2) is 40.0 Å². The van der Waals surface area contributed by atoms with Crippen molar-refractivity contribution < 1.29 is 14.7 Å². The van der Waals surface area contributed by atoms with E-state index in [0.29, 0.717) is 43.1 Å². The molecule has 0 bridgehead atoms. The third kappa shape index (κ3) is 2.77. The first-order chi connectivity index (χ1) is 9.48. The van der Waals surface area contributed by atoms with Crippen molar-refractivity contribution in [1.29, 1.82) is 0 Å². The molecular weight excluding hydrogens is 280 g/mol. The van der Waals surface area contributed by atoms with Crippen LogP contribution in [0.5, 0.6) is 0 Å². The maximum absolute atomic E-state index is 12.3. The monoisotopic (exact) mass is 296 g/mol. The molecule has 1 amide bonds. The Kier molecular flexibility index (Phi) is 4.28. The van der Waals surface area contributed by atoms with Gasteiger partial charge < -0.3 is 10.0 Å². The van der Waals surface area contributed by atoms with Gasteiger partial charge in [0.2, 0.25) is 0 Å². The van der Waals surface area contributed by atoms with E-state index in [9.17, 15) is 14.7 Å². The molecule has 1 N–H and O–H groups in total. The third-order valence-corrected chi connectivity index (χ3v) is 4.31. The number of halogens is 1. The minimum absolute atomic E-state index is 0.170. The van der Waals surface area contributed by atoms with Gasteiger partial charge in [0.15, 0.2) is 0 Å². The van der Waals surface area contributed by atoms with E-state index >= 15 is 0 Å². The zero-order valence-electron chi connectivity index (χ0n) is 11.3. The Morgan fingerprint density at radius 2 is 2.05 bits per heavy atom. The normalized spacial score (nSPS) is 17.8. The first-order valence-electron chi connectivity index (χ1n) is 6.63. The van der Waals surface area contributed by atoms with E-state index in [1.54, 1.807) is 17.0 Å². The highest BCUT2D eigenvalue weighted by Gasteiger charge is 2.40. The fraction of sp³-hybridized carbons (Fsp3) is 0.500. The van der Waals surface area contributed by atoms with E-state index in [0.717, 1.165) is 0 Å². The molecule has 1 aromatic rings. The highest BCUT2D eigenvalue weighted by molar-refractivity contribution is 6.30. The lowest BCUT2D eigenvalue weighted by molar-refractivity contribution is -0.152. The lowest BCUT2D eigenvalue weighted by atomic mass is 9.76. The molecule has 1 aliphatic rings. The average molecular weight is 297 g/mol. The predicted molar refractivity (Wildman–Crippen MR) is 74.7 cm³/mol. The number of nitrogens with zero attached hydrogens (tertiary/aromatic N) is 2. The van der Waals surface area contributed by atoms with Crippen LogP contribution < -0.4 is 0 Å². The van der Waals surface area contributed by atoms with Gasteiger partial charge in [-0.3, -0.25) is 9.59 Å². The number of carboxylic acid groups (broad SMARTS) is 1. The molecule has 0 atom stereocenters. The SMILES string of the molecule is CCC1(C(=O)O)CCN(C(=O)c2ccc(Cl)cn2)CC1. The van der Waals surface area contributed by atoms with Gasteiger partial charge in [0.25, 0.3) is 5.91 Å². The highest BCUT2D eigenvalue weighted by Crippen LogP contribution is 2.35. The van der Waals surface area contributed by atoms with Crippen molar-refractivity contribution >= 4 is 23.5 Å². The van der Waals surface area contributed by atoms with Crippen LogP contribution in [0.4, 0.5) is 0 Å². The van der Waals surface area contributed by atoms with Crippen LogP contribution in [0.1, 0.15) is 36.7 Å². The lowest BCUT2D eigenvalue weighted by Crippen LogP contribution is -2.46. The zero-order valence-corrected chi connectivity index (χ0v) is 12.1. The van der Waals surface area contributed by atoms with E-state index in [-0.39, 0.29) is 5.91 Å². The number of carbonyl (C=O) groups is 2. The summed E-state index contributed by atoms with van der Waals surface area (Å²) < 4.78 is 0. The summed E-state index contributed by atoms with van der Waals surface area (Å²) >= 11 is 5.74. The van der Waals surface area contributed by atoms with Crippen molar-refractivity contribution in [2.75, 3.05) is 13.1 Å². The Bertz CT molecular complexity index is 508. The summed E-state index contributed by atoms with van der Waals surface area (Å²) in [6.07, 6.45) is 2.99. The van der Waals surface area contributed by atoms with Gasteiger partial charge in [-0.2, -0.15) is 0 Å². The summed E-state index contributed by atoms with van der Waals surface area (Å²) in [5.41, 5.74) is -0.349. The van der Waals surface area contributed by atoms with Crippen LogP contribution in [0.3, 0.4) is 0 Å². The molecule has 0 aromatic carbocycles. The molecule has 2 rings (SSSR count). The Morgan fingerprint density at radius 3 is 2.50 bits per heavy atom. The van der Waals surface area contributed by atoms with E-state index in [4.69, 9.17) is 11.6 Å². The topological polar surface area (TPSA) is 70.5 Å². The summed E-state index contributed by atoms with van der Waals surface area (Å²) in [6, 6.07) is 3.21. The molecule has 1 aromatic heterocycles. The molecule has 1 fully saturated rings. The number of amides is 1. The van der Waals surface area contributed by atoms with Crippen molar-refractivity contribution in [2.24, 2.45) is 5.41 Å². The molecule has 2 heterocycles. The number of piperidine rings is 1. The van der Waals surface area contributed by atoms with Crippen LogP contribution >= 0.6 is 11.6 Å². The number of hydrogen-bond acceptors (Lipinski definition) is 3. The summed E-state index contributed by atoms with van der Waals surface area (Å²) in [5, 5.41) is 9.81. The Balaban J connectivity index is 2.05. The molecule has 1 saturated heterocycles.